The van der Waals surface area contributed by atoms with Crippen LogP contribution in [0.15, 0.2) is 24.3 Å². The Hall–Kier alpha value is -1.79. The molecule has 1 heterocycles. The Labute approximate surface area is 114 Å². The van der Waals surface area contributed by atoms with Gasteiger partial charge in [-0.15, -0.1) is 0 Å². The number of hydrogen-bond donors (Lipinski definition) is 1. The van der Waals surface area contributed by atoms with Gasteiger partial charge in [0.25, 0.3) is 5.91 Å². The van der Waals surface area contributed by atoms with Crippen molar-refractivity contribution >= 4 is 5.91 Å². The van der Waals surface area contributed by atoms with E-state index in [9.17, 15) is 4.79 Å². The van der Waals surface area contributed by atoms with Gasteiger partial charge in [-0.2, -0.15) is 0 Å². The second kappa shape index (κ2) is 5.46. The molecule has 1 fully saturated rings. The summed E-state index contributed by atoms with van der Waals surface area (Å²) >= 11 is 0. The van der Waals surface area contributed by atoms with Gasteiger partial charge in [0.05, 0.1) is 0 Å². The summed E-state index contributed by atoms with van der Waals surface area (Å²) in [5, 5.41) is 8.70. The maximum atomic E-state index is 12.5. The highest BCUT2D eigenvalue weighted by molar-refractivity contribution is 5.95. The van der Waals surface area contributed by atoms with Crippen LogP contribution in [0.3, 0.4) is 0 Å². The van der Waals surface area contributed by atoms with E-state index in [4.69, 9.17) is 5.11 Å². The van der Waals surface area contributed by atoms with E-state index in [1.807, 2.05) is 23.1 Å². The highest BCUT2D eigenvalue weighted by Crippen LogP contribution is 2.29. The van der Waals surface area contributed by atoms with Crippen LogP contribution in [0.25, 0.3) is 0 Å². The topological polar surface area (TPSA) is 40.5 Å². The van der Waals surface area contributed by atoms with Crippen LogP contribution in [0.5, 0.6) is 0 Å². The van der Waals surface area contributed by atoms with Crippen molar-refractivity contribution in [1.82, 2.24) is 4.90 Å². The van der Waals surface area contributed by atoms with E-state index < -0.39 is 0 Å². The van der Waals surface area contributed by atoms with Gasteiger partial charge in [-0.05, 0) is 44.9 Å². The third-order valence-corrected chi connectivity index (χ3v) is 3.57. The van der Waals surface area contributed by atoms with Crippen molar-refractivity contribution in [2.45, 2.75) is 32.2 Å². The van der Waals surface area contributed by atoms with Crippen molar-refractivity contribution in [2.75, 3.05) is 13.2 Å². The van der Waals surface area contributed by atoms with Gasteiger partial charge in [0.15, 0.2) is 0 Å². The number of aliphatic hydroxyl groups excluding tert-OH is 1. The number of likely N-dealkylation sites (tertiary alicyclic amines) is 1. The molecule has 0 bridgehead atoms. The maximum Gasteiger partial charge on any atom is 0.254 e. The Bertz CT molecular complexity index is 537. The van der Waals surface area contributed by atoms with Crippen molar-refractivity contribution in [3.05, 3.63) is 35.4 Å². The van der Waals surface area contributed by atoms with Crippen molar-refractivity contribution in [2.24, 2.45) is 0 Å². The second-order valence-electron chi connectivity index (χ2n) is 5.41. The molecule has 3 heteroatoms. The second-order valence-corrected chi connectivity index (χ2v) is 5.41. The lowest BCUT2D eigenvalue weighted by Gasteiger charge is -2.31. The SMILES string of the molecule is CC1(C)CCCN1C(=O)c1cccc(C#CCO)c1. The summed E-state index contributed by atoms with van der Waals surface area (Å²) in [7, 11) is 0. The van der Waals surface area contributed by atoms with E-state index in [1.165, 1.54) is 0 Å². The smallest absolute Gasteiger partial charge is 0.254 e. The third-order valence-electron chi connectivity index (χ3n) is 3.57. The summed E-state index contributed by atoms with van der Waals surface area (Å²) in [5.74, 6) is 5.49. The molecule has 0 aliphatic carbocycles. The van der Waals surface area contributed by atoms with Gasteiger partial charge in [0.1, 0.15) is 6.61 Å². The summed E-state index contributed by atoms with van der Waals surface area (Å²) < 4.78 is 0. The molecule has 1 N–H and O–H groups in total. The minimum atomic E-state index is -0.169. The van der Waals surface area contributed by atoms with E-state index in [-0.39, 0.29) is 18.1 Å². The summed E-state index contributed by atoms with van der Waals surface area (Å²) in [4.78, 5) is 14.5. The molecule has 1 aromatic rings. The first-order chi connectivity index (χ1) is 9.04. The average Bonchev–Trinajstić information content (AvgIpc) is 2.75. The number of amides is 1. The van der Waals surface area contributed by atoms with Gasteiger partial charge in [0.2, 0.25) is 0 Å². The molecule has 0 spiro atoms. The first-order valence-corrected chi connectivity index (χ1v) is 6.56. The molecule has 0 radical (unpaired) electrons. The predicted molar refractivity (Wildman–Crippen MR) is 74.8 cm³/mol. The van der Waals surface area contributed by atoms with Crippen LogP contribution in [-0.2, 0) is 0 Å². The number of benzene rings is 1. The predicted octanol–water partition coefficient (Wildman–Crippen LogP) is 2.04. The van der Waals surface area contributed by atoms with Crippen LogP contribution < -0.4 is 0 Å². The largest absolute Gasteiger partial charge is 0.384 e. The fourth-order valence-corrected chi connectivity index (χ4v) is 2.51. The fraction of sp³-hybridized carbons (Fsp3) is 0.438. The first kappa shape index (κ1) is 13.6. The van der Waals surface area contributed by atoms with Crippen molar-refractivity contribution < 1.29 is 9.90 Å². The summed E-state index contributed by atoms with van der Waals surface area (Å²) in [6.07, 6.45) is 2.10. The minimum Gasteiger partial charge on any atom is -0.384 e. The quantitative estimate of drug-likeness (QED) is 0.782. The van der Waals surface area contributed by atoms with E-state index in [0.29, 0.717) is 5.56 Å². The Morgan fingerprint density at radius 2 is 2.26 bits per heavy atom. The van der Waals surface area contributed by atoms with Gasteiger partial charge >= 0.3 is 0 Å². The highest BCUT2D eigenvalue weighted by atomic mass is 16.2. The highest BCUT2D eigenvalue weighted by Gasteiger charge is 2.35. The molecule has 2 rings (SSSR count). The Balaban J connectivity index is 2.24. The van der Waals surface area contributed by atoms with E-state index >= 15 is 0 Å². The molecule has 1 amide bonds. The lowest BCUT2D eigenvalue weighted by Crippen LogP contribution is -2.42. The zero-order chi connectivity index (χ0) is 13.9. The Morgan fingerprint density at radius 1 is 1.47 bits per heavy atom. The van der Waals surface area contributed by atoms with E-state index in [0.717, 1.165) is 24.9 Å². The maximum absolute atomic E-state index is 12.5. The monoisotopic (exact) mass is 257 g/mol. The van der Waals surface area contributed by atoms with Crippen LogP contribution >= 0.6 is 0 Å². The Morgan fingerprint density at radius 3 is 2.89 bits per heavy atom. The number of carbonyl (C=O) groups excluding carboxylic acids is 1. The zero-order valence-corrected chi connectivity index (χ0v) is 11.4. The molecule has 1 aliphatic heterocycles. The van der Waals surface area contributed by atoms with Gasteiger partial charge in [-0.25, -0.2) is 0 Å². The third kappa shape index (κ3) is 2.97. The van der Waals surface area contributed by atoms with Gasteiger partial charge in [-0.3, -0.25) is 4.79 Å². The molecule has 1 saturated heterocycles. The van der Waals surface area contributed by atoms with Crippen LogP contribution in [0.1, 0.15) is 42.6 Å². The van der Waals surface area contributed by atoms with E-state index in [1.54, 1.807) is 6.07 Å². The van der Waals surface area contributed by atoms with Crippen molar-refractivity contribution in [3.8, 4) is 11.8 Å². The molecule has 100 valence electrons. The Kier molecular flexibility index (Phi) is 3.92. The molecule has 3 nitrogen and oxygen atoms in total. The van der Waals surface area contributed by atoms with Gasteiger partial charge in [0, 0.05) is 23.2 Å². The number of hydrogen-bond acceptors (Lipinski definition) is 2. The van der Waals surface area contributed by atoms with Crippen LogP contribution in [0.2, 0.25) is 0 Å². The summed E-state index contributed by atoms with van der Waals surface area (Å²) in [6.45, 7) is 4.86. The van der Waals surface area contributed by atoms with Gasteiger partial charge in [-0.1, -0.05) is 17.9 Å². The van der Waals surface area contributed by atoms with Crippen molar-refractivity contribution in [3.63, 3.8) is 0 Å². The molecule has 1 aromatic carbocycles. The first-order valence-electron chi connectivity index (χ1n) is 6.56. The molecular weight excluding hydrogens is 238 g/mol. The van der Waals surface area contributed by atoms with Crippen LogP contribution in [-0.4, -0.2) is 34.6 Å². The van der Waals surface area contributed by atoms with Crippen LogP contribution in [0, 0.1) is 11.8 Å². The lowest BCUT2D eigenvalue weighted by molar-refractivity contribution is 0.0652. The molecule has 0 saturated carbocycles. The number of rotatable bonds is 1. The molecule has 0 atom stereocenters. The number of nitrogens with zero attached hydrogens (tertiary/aromatic N) is 1. The summed E-state index contributed by atoms with van der Waals surface area (Å²) in [5.41, 5.74) is 1.36. The number of aliphatic hydroxyl groups is 1. The van der Waals surface area contributed by atoms with E-state index in [2.05, 4.69) is 25.7 Å². The standard InChI is InChI=1S/C16H19NO2/c1-16(2)9-5-10-17(16)15(19)14-8-3-6-13(12-14)7-4-11-18/h3,6,8,12,18H,5,9-11H2,1-2H3. The number of carbonyl (C=O) groups is 1. The van der Waals surface area contributed by atoms with Crippen molar-refractivity contribution in [1.29, 1.82) is 0 Å². The normalized spacial score (nSPS) is 16.9. The van der Waals surface area contributed by atoms with Gasteiger partial charge < -0.3 is 10.0 Å². The zero-order valence-electron chi connectivity index (χ0n) is 11.4. The molecular formula is C16H19NO2. The molecule has 19 heavy (non-hydrogen) atoms. The average molecular weight is 257 g/mol. The lowest BCUT2D eigenvalue weighted by atomic mass is 10.0. The minimum absolute atomic E-state index is 0.0650. The molecule has 0 unspecified atom stereocenters. The molecule has 1 aliphatic rings. The fourth-order valence-electron chi connectivity index (χ4n) is 2.51. The molecule has 0 aromatic heterocycles. The van der Waals surface area contributed by atoms with Crippen LogP contribution in [0.4, 0.5) is 0 Å². The summed E-state index contributed by atoms with van der Waals surface area (Å²) in [6, 6.07) is 7.28.